The van der Waals surface area contributed by atoms with Gasteiger partial charge < -0.3 is 4.74 Å². The number of methoxy groups -OCH3 is 1. The maximum Gasteiger partial charge on any atom is 0.0521 e. The van der Waals surface area contributed by atoms with Gasteiger partial charge in [-0.25, -0.2) is 0 Å². The fraction of sp³-hybridized carbons (Fsp3) is 1.00. The van der Waals surface area contributed by atoms with E-state index in [0.29, 0.717) is 21.7 Å². The van der Waals surface area contributed by atoms with Gasteiger partial charge in [-0.3, -0.25) is 0 Å². The minimum Gasteiger partial charge on any atom is -0.384 e. The monoisotopic (exact) mass is 372 g/mol. The topological polar surface area (TPSA) is 9.23 Å². The second-order valence-electron chi connectivity index (χ2n) is 12.5. The van der Waals surface area contributed by atoms with Gasteiger partial charge in [-0.2, -0.15) is 0 Å². The molecule has 0 aromatic heterocycles. The molecule has 0 aromatic rings. The molecule has 1 nitrogen and oxygen atoms in total. The smallest absolute Gasteiger partial charge is 0.0521 e. The summed E-state index contributed by atoms with van der Waals surface area (Å²) in [5.74, 6) is 4.87. The highest BCUT2D eigenvalue weighted by Crippen LogP contribution is 2.76. The molecular formula is C26H44O. The average Bonchev–Trinajstić information content (AvgIpc) is 3.17. The molecule has 0 spiro atoms. The SMILES string of the molecule is COCC12CCCC1C1CCC3C4(C)CCC(C)C4CCC3(C)[C@]1(C)CC2. The quantitative estimate of drug-likeness (QED) is 0.502. The second-order valence-corrected chi connectivity index (χ2v) is 12.5. The van der Waals surface area contributed by atoms with Gasteiger partial charge in [0.05, 0.1) is 6.61 Å². The molecule has 0 bridgehead atoms. The Morgan fingerprint density at radius 3 is 2.33 bits per heavy atom. The van der Waals surface area contributed by atoms with Crippen LogP contribution in [0.4, 0.5) is 0 Å². The van der Waals surface area contributed by atoms with E-state index in [1.807, 2.05) is 7.11 Å². The molecule has 0 radical (unpaired) electrons. The van der Waals surface area contributed by atoms with Crippen LogP contribution in [0.1, 0.15) is 98.3 Å². The van der Waals surface area contributed by atoms with Crippen LogP contribution in [0, 0.1) is 51.2 Å². The van der Waals surface area contributed by atoms with Crippen LogP contribution in [0.15, 0.2) is 0 Å². The maximum absolute atomic E-state index is 5.82. The lowest BCUT2D eigenvalue weighted by Gasteiger charge is -2.70. The molecule has 0 amide bonds. The molecule has 8 unspecified atom stereocenters. The molecule has 0 heterocycles. The summed E-state index contributed by atoms with van der Waals surface area (Å²) < 4.78 is 5.82. The Bertz CT molecular complexity index is 599. The zero-order chi connectivity index (χ0) is 19.1. The average molecular weight is 373 g/mol. The van der Waals surface area contributed by atoms with E-state index in [-0.39, 0.29) is 0 Å². The van der Waals surface area contributed by atoms with Gasteiger partial charge in [0.25, 0.3) is 0 Å². The Morgan fingerprint density at radius 2 is 1.56 bits per heavy atom. The number of rotatable bonds is 2. The van der Waals surface area contributed by atoms with E-state index in [9.17, 15) is 0 Å². The molecule has 5 rings (SSSR count). The van der Waals surface area contributed by atoms with Gasteiger partial charge in [0.2, 0.25) is 0 Å². The summed E-state index contributed by atoms with van der Waals surface area (Å²) >= 11 is 0. The summed E-state index contributed by atoms with van der Waals surface area (Å²) in [4.78, 5) is 0. The molecule has 5 fully saturated rings. The molecular weight excluding hydrogens is 328 g/mol. The third kappa shape index (κ3) is 2.22. The van der Waals surface area contributed by atoms with E-state index in [2.05, 4.69) is 27.7 Å². The van der Waals surface area contributed by atoms with E-state index in [1.165, 1.54) is 70.6 Å². The zero-order valence-electron chi connectivity index (χ0n) is 18.8. The minimum atomic E-state index is 0.533. The fourth-order valence-corrected chi connectivity index (χ4v) is 10.7. The van der Waals surface area contributed by atoms with Crippen LogP contribution in [0.5, 0.6) is 0 Å². The first-order valence-electron chi connectivity index (χ1n) is 12.3. The van der Waals surface area contributed by atoms with Crippen molar-refractivity contribution in [1.82, 2.24) is 0 Å². The number of ether oxygens (including phenoxy) is 1. The molecule has 154 valence electrons. The molecule has 9 atom stereocenters. The van der Waals surface area contributed by atoms with Crippen LogP contribution >= 0.6 is 0 Å². The molecule has 0 aliphatic heterocycles. The van der Waals surface area contributed by atoms with Crippen molar-refractivity contribution < 1.29 is 4.74 Å². The summed E-state index contributed by atoms with van der Waals surface area (Å²) in [5.41, 5.74) is 2.32. The summed E-state index contributed by atoms with van der Waals surface area (Å²) in [7, 11) is 1.94. The molecule has 27 heavy (non-hydrogen) atoms. The highest BCUT2D eigenvalue weighted by Gasteiger charge is 2.68. The Balaban J connectivity index is 1.51. The number of hydrogen-bond donors (Lipinski definition) is 0. The molecule has 5 saturated carbocycles. The summed E-state index contributed by atoms with van der Waals surface area (Å²) in [5, 5.41) is 0. The van der Waals surface area contributed by atoms with Crippen molar-refractivity contribution in [3.63, 3.8) is 0 Å². The summed E-state index contributed by atoms with van der Waals surface area (Å²) in [6.07, 6.45) is 16.4. The van der Waals surface area contributed by atoms with E-state index in [4.69, 9.17) is 4.74 Å². The summed E-state index contributed by atoms with van der Waals surface area (Å²) in [6.45, 7) is 11.8. The van der Waals surface area contributed by atoms with Gasteiger partial charge in [0.1, 0.15) is 0 Å². The van der Waals surface area contributed by atoms with Gasteiger partial charge in [0.15, 0.2) is 0 Å². The van der Waals surface area contributed by atoms with Gasteiger partial charge in [-0.15, -0.1) is 0 Å². The standard InChI is InChI=1S/C26H44O/c1-18-10-13-23(2)19(18)11-14-25(4)22(23)9-8-20-21-7-6-12-26(21,17-27-5)16-15-24(20,25)3/h18-22H,6-17H2,1-5H3/t18?,19?,20?,21?,22?,23?,24-,25?,26?/m1/s1. The Morgan fingerprint density at radius 1 is 0.741 bits per heavy atom. The first-order chi connectivity index (χ1) is 12.8. The molecule has 1 heteroatoms. The first kappa shape index (κ1) is 19.0. The minimum absolute atomic E-state index is 0.533. The molecule has 5 aliphatic rings. The second kappa shape index (κ2) is 5.99. The molecule has 0 saturated heterocycles. The third-order valence-corrected chi connectivity index (χ3v) is 12.1. The molecule has 0 aromatic carbocycles. The van der Waals surface area contributed by atoms with Crippen molar-refractivity contribution >= 4 is 0 Å². The van der Waals surface area contributed by atoms with E-state index in [1.54, 1.807) is 0 Å². The molecule has 5 aliphatic carbocycles. The summed E-state index contributed by atoms with van der Waals surface area (Å²) in [6, 6.07) is 0. The Labute approximate surface area is 168 Å². The zero-order valence-corrected chi connectivity index (χ0v) is 18.8. The van der Waals surface area contributed by atoms with Gasteiger partial charge in [-0.1, -0.05) is 34.1 Å². The lowest BCUT2D eigenvalue weighted by Crippen LogP contribution is -2.63. The van der Waals surface area contributed by atoms with Crippen molar-refractivity contribution in [2.45, 2.75) is 98.3 Å². The maximum atomic E-state index is 5.82. The van der Waals surface area contributed by atoms with Crippen molar-refractivity contribution in [2.75, 3.05) is 13.7 Å². The third-order valence-electron chi connectivity index (χ3n) is 12.1. The van der Waals surface area contributed by atoms with Crippen molar-refractivity contribution in [1.29, 1.82) is 0 Å². The number of hydrogen-bond acceptors (Lipinski definition) is 1. The van der Waals surface area contributed by atoms with Crippen molar-refractivity contribution in [3.8, 4) is 0 Å². The Hall–Kier alpha value is -0.0400. The largest absolute Gasteiger partial charge is 0.384 e. The van der Waals surface area contributed by atoms with Gasteiger partial charge in [0, 0.05) is 7.11 Å². The van der Waals surface area contributed by atoms with Crippen molar-refractivity contribution in [3.05, 3.63) is 0 Å². The normalized spacial score (nSPS) is 59.7. The highest BCUT2D eigenvalue weighted by molar-refractivity contribution is 5.17. The van der Waals surface area contributed by atoms with E-state index in [0.717, 1.165) is 36.2 Å². The Kier molecular flexibility index (Phi) is 4.21. The van der Waals surface area contributed by atoms with Crippen LogP contribution in [-0.2, 0) is 4.74 Å². The van der Waals surface area contributed by atoms with Crippen LogP contribution in [0.25, 0.3) is 0 Å². The van der Waals surface area contributed by atoms with Crippen LogP contribution in [-0.4, -0.2) is 13.7 Å². The fourth-order valence-electron chi connectivity index (χ4n) is 10.7. The van der Waals surface area contributed by atoms with E-state index >= 15 is 0 Å². The van der Waals surface area contributed by atoms with Crippen LogP contribution in [0.3, 0.4) is 0 Å². The first-order valence-corrected chi connectivity index (χ1v) is 12.3. The number of fused-ring (bicyclic) bond motifs is 7. The lowest BCUT2D eigenvalue weighted by molar-refractivity contribution is -0.215. The van der Waals surface area contributed by atoms with Gasteiger partial charge in [-0.05, 0) is 115 Å². The van der Waals surface area contributed by atoms with E-state index < -0.39 is 0 Å². The van der Waals surface area contributed by atoms with Crippen LogP contribution < -0.4 is 0 Å². The molecule has 0 N–H and O–H groups in total. The predicted molar refractivity (Wildman–Crippen MR) is 113 cm³/mol. The van der Waals surface area contributed by atoms with Gasteiger partial charge >= 0.3 is 0 Å². The predicted octanol–water partition coefficient (Wildman–Crippen LogP) is 7.10. The highest BCUT2D eigenvalue weighted by atomic mass is 16.5. The van der Waals surface area contributed by atoms with Crippen molar-refractivity contribution in [2.24, 2.45) is 51.2 Å². The van der Waals surface area contributed by atoms with Crippen LogP contribution in [0.2, 0.25) is 0 Å². The lowest BCUT2D eigenvalue weighted by atomic mass is 9.35.